The fraction of sp³-hybridized carbons (Fsp3) is 0.600. The van der Waals surface area contributed by atoms with E-state index in [0.717, 1.165) is 11.4 Å². The van der Waals surface area contributed by atoms with Crippen LogP contribution in [0.15, 0.2) is 6.07 Å². The van der Waals surface area contributed by atoms with Crippen molar-refractivity contribution in [2.24, 2.45) is 0 Å². The van der Waals surface area contributed by atoms with Gasteiger partial charge in [-0.1, -0.05) is 0 Å². The van der Waals surface area contributed by atoms with Crippen LogP contribution in [0, 0.1) is 13.8 Å². The third-order valence-corrected chi connectivity index (χ3v) is 2.38. The van der Waals surface area contributed by atoms with Crippen LogP contribution >= 0.6 is 0 Å². The van der Waals surface area contributed by atoms with E-state index in [1.165, 1.54) is 0 Å². The summed E-state index contributed by atoms with van der Waals surface area (Å²) in [7, 11) is 1.65. The maximum atomic E-state index is 10.7. The molecule has 0 saturated carbocycles. The standard InChI is InChI=1S/C10H17N3O2/c1-7-6-8(2)13(12-7)5-4-9(11-3)10(14)15/h6,9,11H,4-5H2,1-3H3,(H,14,15). The van der Waals surface area contributed by atoms with Gasteiger partial charge in [0.05, 0.1) is 5.69 Å². The van der Waals surface area contributed by atoms with Crippen molar-refractivity contribution in [1.82, 2.24) is 15.1 Å². The fourth-order valence-corrected chi connectivity index (χ4v) is 1.54. The summed E-state index contributed by atoms with van der Waals surface area (Å²) in [6.45, 7) is 4.52. The number of hydrogen-bond acceptors (Lipinski definition) is 3. The molecule has 1 aromatic rings. The maximum Gasteiger partial charge on any atom is 0.320 e. The molecule has 1 heterocycles. The van der Waals surface area contributed by atoms with E-state index in [9.17, 15) is 4.79 Å². The number of hydrogen-bond donors (Lipinski definition) is 2. The molecule has 0 aliphatic heterocycles. The Balaban J connectivity index is 2.56. The van der Waals surface area contributed by atoms with Crippen molar-refractivity contribution in [1.29, 1.82) is 0 Å². The Morgan fingerprint density at radius 2 is 2.33 bits per heavy atom. The van der Waals surface area contributed by atoms with E-state index in [2.05, 4.69) is 10.4 Å². The Bertz CT molecular complexity index is 346. The topological polar surface area (TPSA) is 67.2 Å². The molecule has 0 aliphatic carbocycles. The zero-order chi connectivity index (χ0) is 11.4. The van der Waals surface area contributed by atoms with Crippen molar-refractivity contribution < 1.29 is 9.90 Å². The lowest BCUT2D eigenvalue weighted by molar-refractivity contribution is -0.139. The molecule has 0 spiro atoms. The number of carbonyl (C=O) groups is 1. The van der Waals surface area contributed by atoms with Gasteiger partial charge in [-0.2, -0.15) is 5.10 Å². The van der Waals surface area contributed by atoms with Crippen LogP contribution in [0.4, 0.5) is 0 Å². The molecule has 0 radical (unpaired) electrons. The molecule has 2 N–H and O–H groups in total. The summed E-state index contributed by atoms with van der Waals surface area (Å²) in [5.74, 6) is -0.820. The molecule has 1 rings (SSSR count). The van der Waals surface area contributed by atoms with Gasteiger partial charge in [-0.3, -0.25) is 9.48 Å². The second-order valence-corrected chi connectivity index (χ2v) is 3.62. The molecule has 1 aromatic heterocycles. The van der Waals surface area contributed by atoms with Gasteiger partial charge in [0.15, 0.2) is 0 Å². The lowest BCUT2D eigenvalue weighted by atomic mass is 10.2. The highest BCUT2D eigenvalue weighted by molar-refractivity contribution is 5.73. The van der Waals surface area contributed by atoms with Crippen LogP contribution in [0.3, 0.4) is 0 Å². The quantitative estimate of drug-likeness (QED) is 0.747. The molecular weight excluding hydrogens is 194 g/mol. The largest absolute Gasteiger partial charge is 0.480 e. The van der Waals surface area contributed by atoms with E-state index in [-0.39, 0.29) is 0 Å². The van der Waals surface area contributed by atoms with Crippen LogP contribution in [-0.2, 0) is 11.3 Å². The smallest absolute Gasteiger partial charge is 0.320 e. The molecule has 1 unspecified atom stereocenters. The molecule has 84 valence electrons. The first-order chi connectivity index (χ1) is 7.04. The van der Waals surface area contributed by atoms with E-state index >= 15 is 0 Å². The summed E-state index contributed by atoms with van der Waals surface area (Å²) in [6.07, 6.45) is 0.536. The van der Waals surface area contributed by atoms with Gasteiger partial charge in [-0.05, 0) is 33.4 Å². The van der Waals surface area contributed by atoms with Gasteiger partial charge < -0.3 is 10.4 Å². The Kier molecular flexibility index (Phi) is 3.85. The molecular formula is C10H17N3O2. The number of carboxylic acid groups (broad SMARTS) is 1. The normalized spacial score (nSPS) is 12.7. The number of aliphatic carboxylic acids is 1. The van der Waals surface area contributed by atoms with Crippen LogP contribution in [-0.4, -0.2) is 33.9 Å². The average Bonchev–Trinajstić information content (AvgIpc) is 2.45. The monoisotopic (exact) mass is 211 g/mol. The van der Waals surface area contributed by atoms with Crippen LogP contribution in [0.2, 0.25) is 0 Å². The van der Waals surface area contributed by atoms with E-state index in [1.54, 1.807) is 7.05 Å². The van der Waals surface area contributed by atoms with Gasteiger partial charge >= 0.3 is 5.97 Å². The molecule has 5 heteroatoms. The van der Waals surface area contributed by atoms with Crippen molar-refractivity contribution in [3.8, 4) is 0 Å². The second-order valence-electron chi connectivity index (χ2n) is 3.62. The first kappa shape index (κ1) is 11.7. The molecule has 0 aromatic carbocycles. The third kappa shape index (κ3) is 3.06. The molecule has 1 atom stereocenters. The number of aryl methyl sites for hydroxylation is 3. The van der Waals surface area contributed by atoms with Gasteiger partial charge in [-0.25, -0.2) is 0 Å². The van der Waals surface area contributed by atoms with Crippen LogP contribution in [0.25, 0.3) is 0 Å². The van der Waals surface area contributed by atoms with Crippen molar-refractivity contribution >= 4 is 5.97 Å². The minimum absolute atomic E-state index is 0.506. The minimum Gasteiger partial charge on any atom is -0.480 e. The highest BCUT2D eigenvalue weighted by Gasteiger charge is 2.14. The van der Waals surface area contributed by atoms with Gasteiger partial charge in [0, 0.05) is 12.2 Å². The zero-order valence-corrected chi connectivity index (χ0v) is 9.32. The minimum atomic E-state index is -0.820. The summed E-state index contributed by atoms with van der Waals surface area (Å²) < 4.78 is 1.84. The summed E-state index contributed by atoms with van der Waals surface area (Å²) in [5.41, 5.74) is 2.02. The summed E-state index contributed by atoms with van der Waals surface area (Å²) in [4.78, 5) is 10.7. The lowest BCUT2D eigenvalue weighted by Crippen LogP contribution is -2.34. The Morgan fingerprint density at radius 1 is 1.67 bits per heavy atom. The molecule has 0 saturated heterocycles. The van der Waals surface area contributed by atoms with Crippen LogP contribution in [0.5, 0.6) is 0 Å². The van der Waals surface area contributed by atoms with Gasteiger partial charge in [0.25, 0.3) is 0 Å². The summed E-state index contributed by atoms with van der Waals surface area (Å²) in [6, 6.07) is 1.48. The number of nitrogens with zero attached hydrogens (tertiary/aromatic N) is 2. The lowest BCUT2D eigenvalue weighted by Gasteiger charge is -2.11. The molecule has 0 fully saturated rings. The van der Waals surface area contributed by atoms with Crippen LogP contribution < -0.4 is 5.32 Å². The van der Waals surface area contributed by atoms with E-state index in [0.29, 0.717) is 13.0 Å². The highest BCUT2D eigenvalue weighted by Crippen LogP contribution is 2.04. The molecule has 0 amide bonds. The SMILES string of the molecule is CNC(CCn1nc(C)cc1C)C(=O)O. The predicted octanol–water partition coefficient (Wildman–Crippen LogP) is 0.563. The van der Waals surface area contributed by atoms with Gasteiger partial charge in [-0.15, -0.1) is 0 Å². The number of aromatic nitrogens is 2. The number of carboxylic acids is 1. The van der Waals surface area contributed by atoms with Crippen molar-refractivity contribution in [3.63, 3.8) is 0 Å². The number of nitrogens with one attached hydrogen (secondary N) is 1. The van der Waals surface area contributed by atoms with E-state index in [4.69, 9.17) is 5.11 Å². The van der Waals surface area contributed by atoms with Crippen molar-refractivity contribution in [3.05, 3.63) is 17.5 Å². The average molecular weight is 211 g/mol. The molecule has 0 bridgehead atoms. The molecule has 5 nitrogen and oxygen atoms in total. The van der Waals surface area contributed by atoms with Crippen molar-refractivity contribution in [2.45, 2.75) is 32.9 Å². The third-order valence-electron chi connectivity index (χ3n) is 2.38. The van der Waals surface area contributed by atoms with E-state index < -0.39 is 12.0 Å². The van der Waals surface area contributed by atoms with Gasteiger partial charge in [0.1, 0.15) is 6.04 Å². The number of rotatable bonds is 5. The summed E-state index contributed by atoms with van der Waals surface area (Å²) in [5, 5.41) is 15.9. The molecule has 15 heavy (non-hydrogen) atoms. The first-order valence-corrected chi connectivity index (χ1v) is 4.95. The summed E-state index contributed by atoms with van der Waals surface area (Å²) >= 11 is 0. The van der Waals surface area contributed by atoms with Crippen LogP contribution in [0.1, 0.15) is 17.8 Å². The molecule has 0 aliphatic rings. The zero-order valence-electron chi connectivity index (χ0n) is 9.32. The Labute approximate surface area is 89.1 Å². The fourth-order valence-electron chi connectivity index (χ4n) is 1.54. The number of likely N-dealkylation sites (N-methyl/N-ethyl adjacent to an activating group) is 1. The highest BCUT2D eigenvalue weighted by atomic mass is 16.4. The predicted molar refractivity (Wildman–Crippen MR) is 56.8 cm³/mol. The maximum absolute atomic E-state index is 10.7. The Hall–Kier alpha value is -1.36. The second kappa shape index (κ2) is 4.93. The van der Waals surface area contributed by atoms with Gasteiger partial charge in [0.2, 0.25) is 0 Å². The Morgan fingerprint density at radius 3 is 2.73 bits per heavy atom. The first-order valence-electron chi connectivity index (χ1n) is 4.95. The van der Waals surface area contributed by atoms with E-state index in [1.807, 2.05) is 24.6 Å². The van der Waals surface area contributed by atoms with Crippen molar-refractivity contribution in [2.75, 3.05) is 7.05 Å².